The van der Waals surface area contributed by atoms with Gasteiger partial charge in [0, 0.05) is 12.8 Å². The Morgan fingerprint density at radius 2 is 2.27 bits per heavy atom. The molecule has 5 nitrogen and oxygen atoms in total. The van der Waals surface area contributed by atoms with E-state index >= 15 is 0 Å². The number of imidazole rings is 1. The third kappa shape index (κ3) is 2.42. The number of nitrogens with zero attached hydrogens (tertiary/aromatic N) is 4. The van der Waals surface area contributed by atoms with Gasteiger partial charge in [-0.25, -0.2) is 9.97 Å². The zero-order valence-electron chi connectivity index (χ0n) is 13.2. The Balaban J connectivity index is 1.75. The number of hydrogen-bond acceptors (Lipinski definition) is 4. The van der Waals surface area contributed by atoms with Gasteiger partial charge in [0.2, 0.25) is 0 Å². The fourth-order valence-corrected chi connectivity index (χ4v) is 3.90. The molecule has 5 heteroatoms. The van der Waals surface area contributed by atoms with E-state index in [0.29, 0.717) is 12.1 Å². The SMILES string of the molecule is CCN1CCCC1c1nc2cccnc2n1CC1CCCO1. The molecule has 0 saturated carbocycles. The van der Waals surface area contributed by atoms with Crippen molar-refractivity contribution >= 4 is 11.2 Å². The van der Waals surface area contributed by atoms with Crippen molar-refractivity contribution < 1.29 is 4.74 Å². The fraction of sp³-hybridized carbons (Fsp3) is 0.647. The first-order valence-corrected chi connectivity index (χ1v) is 8.53. The highest BCUT2D eigenvalue weighted by Gasteiger charge is 2.30. The maximum absolute atomic E-state index is 5.86. The first-order chi connectivity index (χ1) is 10.9. The number of aromatic nitrogens is 3. The van der Waals surface area contributed by atoms with Crippen LogP contribution in [0.15, 0.2) is 18.3 Å². The molecule has 2 aliphatic rings. The summed E-state index contributed by atoms with van der Waals surface area (Å²) in [4.78, 5) is 12.1. The minimum atomic E-state index is 0.314. The van der Waals surface area contributed by atoms with Gasteiger partial charge in [-0.05, 0) is 50.9 Å². The zero-order valence-corrected chi connectivity index (χ0v) is 13.2. The van der Waals surface area contributed by atoms with Crippen molar-refractivity contribution in [2.24, 2.45) is 0 Å². The molecule has 2 atom stereocenters. The molecule has 2 saturated heterocycles. The lowest BCUT2D eigenvalue weighted by molar-refractivity contribution is 0.0957. The molecule has 22 heavy (non-hydrogen) atoms. The Kier molecular flexibility index (Phi) is 3.84. The summed E-state index contributed by atoms with van der Waals surface area (Å²) in [6.07, 6.45) is 6.96. The van der Waals surface area contributed by atoms with Gasteiger partial charge < -0.3 is 9.30 Å². The Hall–Kier alpha value is -1.46. The highest BCUT2D eigenvalue weighted by molar-refractivity contribution is 5.71. The smallest absolute Gasteiger partial charge is 0.160 e. The summed E-state index contributed by atoms with van der Waals surface area (Å²) in [5, 5.41) is 0. The van der Waals surface area contributed by atoms with Gasteiger partial charge in [0.1, 0.15) is 11.3 Å². The van der Waals surface area contributed by atoms with Crippen molar-refractivity contribution in [2.75, 3.05) is 19.7 Å². The number of ether oxygens (including phenoxy) is 1. The predicted octanol–water partition coefficient (Wildman–Crippen LogP) is 2.77. The van der Waals surface area contributed by atoms with Crippen LogP contribution in [0.4, 0.5) is 0 Å². The maximum Gasteiger partial charge on any atom is 0.160 e. The average molecular weight is 300 g/mol. The Morgan fingerprint density at radius 1 is 1.32 bits per heavy atom. The fourth-order valence-electron chi connectivity index (χ4n) is 3.90. The lowest BCUT2D eigenvalue weighted by Crippen LogP contribution is -2.27. The van der Waals surface area contributed by atoms with Gasteiger partial charge in [-0.3, -0.25) is 4.90 Å². The van der Waals surface area contributed by atoms with E-state index in [1.807, 2.05) is 12.3 Å². The van der Waals surface area contributed by atoms with E-state index < -0.39 is 0 Å². The van der Waals surface area contributed by atoms with Crippen molar-refractivity contribution in [1.29, 1.82) is 0 Å². The van der Waals surface area contributed by atoms with E-state index in [2.05, 4.69) is 27.4 Å². The third-order valence-electron chi connectivity index (χ3n) is 5.01. The van der Waals surface area contributed by atoms with Crippen LogP contribution in [0.25, 0.3) is 11.2 Å². The Morgan fingerprint density at radius 3 is 3.09 bits per heavy atom. The third-order valence-corrected chi connectivity index (χ3v) is 5.01. The molecule has 2 aromatic rings. The summed E-state index contributed by atoms with van der Waals surface area (Å²) < 4.78 is 8.18. The molecule has 2 aromatic heterocycles. The molecule has 0 radical (unpaired) electrons. The first kappa shape index (κ1) is 14.2. The lowest BCUT2D eigenvalue weighted by Gasteiger charge is -2.24. The van der Waals surface area contributed by atoms with Gasteiger partial charge in [0.25, 0.3) is 0 Å². The van der Waals surface area contributed by atoms with Gasteiger partial charge in [-0.15, -0.1) is 0 Å². The highest BCUT2D eigenvalue weighted by Crippen LogP contribution is 2.33. The van der Waals surface area contributed by atoms with Crippen molar-refractivity contribution in [2.45, 2.75) is 51.3 Å². The van der Waals surface area contributed by atoms with Gasteiger partial charge in [-0.2, -0.15) is 0 Å². The molecule has 118 valence electrons. The molecule has 0 N–H and O–H groups in total. The molecular weight excluding hydrogens is 276 g/mol. The minimum absolute atomic E-state index is 0.314. The van der Waals surface area contributed by atoms with Crippen LogP contribution >= 0.6 is 0 Å². The van der Waals surface area contributed by atoms with Crippen LogP contribution in [0.3, 0.4) is 0 Å². The van der Waals surface area contributed by atoms with Crippen LogP contribution in [-0.4, -0.2) is 45.2 Å². The Bertz CT molecular complexity index is 647. The second-order valence-electron chi connectivity index (χ2n) is 6.35. The molecule has 0 aromatic carbocycles. The lowest BCUT2D eigenvalue weighted by atomic mass is 10.2. The second kappa shape index (κ2) is 5.97. The number of likely N-dealkylation sites (tertiary alicyclic amines) is 1. The second-order valence-corrected chi connectivity index (χ2v) is 6.35. The maximum atomic E-state index is 5.86. The van der Waals surface area contributed by atoms with Crippen molar-refractivity contribution in [3.05, 3.63) is 24.2 Å². The minimum Gasteiger partial charge on any atom is -0.376 e. The van der Waals surface area contributed by atoms with Gasteiger partial charge in [0.05, 0.1) is 18.7 Å². The molecule has 0 amide bonds. The van der Waals surface area contributed by atoms with E-state index in [1.165, 1.54) is 31.6 Å². The Labute approximate surface area is 131 Å². The molecule has 2 fully saturated rings. The summed E-state index contributed by atoms with van der Waals surface area (Å²) in [6, 6.07) is 4.48. The summed E-state index contributed by atoms with van der Waals surface area (Å²) in [6.45, 7) is 6.28. The van der Waals surface area contributed by atoms with Crippen LogP contribution in [-0.2, 0) is 11.3 Å². The molecular formula is C17H24N4O. The average Bonchev–Trinajstić information content (AvgIpc) is 3.27. The summed E-state index contributed by atoms with van der Waals surface area (Å²) in [5.41, 5.74) is 2.02. The monoisotopic (exact) mass is 300 g/mol. The van der Waals surface area contributed by atoms with E-state index in [0.717, 1.165) is 37.3 Å². The molecule has 4 heterocycles. The van der Waals surface area contributed by atoms with Crippen LogP contribution in [0.2, 0.25) is 0 Å². The number of fused-ring (bicyclic) bond motifs is 1. The van der Waals surface area contributed by atoms with E-state index in [4.69, 9.17) is 9.72 Å². The topological polar surface area (TPSA) is 43.2 Å². The quantitative estimate of drug-likeness (QED) is 0.871. The van der Waals surface area contributed by atoms with Crippen molar-refractivity contribution in [3.8, 4) is 0 Å². The molecule has 2 aliphatic heterocycles. The van der Waals surface area contributed by atoms with Crippen LogP contribution in [0.5, 0.6) is 0 Å². The largest absolute Gasteiger partial charge is 0.376 e. The summed E-state index contributed by atoms with van der Waals surface area (Å²) in [7, 11) is 0. The normalized spacial score (nSPS) is 26.2. The highest BCUT2D eigenvalue weighted by atomic mass is 16.5. The number of rotatable bonds is 4. The van der Waals surface area contributed by atoms with Gasteiger partial charge in [-0.1, -0.05) is 6.92 Å². The zero-order chi connectivity index (χ0) is 14.9. The van der Waals surface area contributed by atoms with Crippen molar-refractivity contribution in [3.63, 3.8) is 0 Å². The van der Waals surface area contributed by atoms with Crippen LogP contribution in [0, 0.1) is 0 Å². The van der Waals surface area contributed by atoms with Gasteiger partial charge >= 0.3 is 0 Å². The van der Waals surface area contributed by atoms with E-state index in [9.17, 15) is 0 Å². The van der Waals surface area contributed by atoms with Gasteiger partial charge in [0.15, 0.2) is 5.65 Å². The van der Waals surface area contributed by atoms with Crippen molar-refractivity contribution in [1.82, 2.24) is 19.4 Å². The number of hydrogen-bond donors (Lipinski definition) is 0. The van der Waals surface area contributed by atoms with E-state index in [-0.39, 0.29) is 0 Å². The summed E-state index contributed by atoms with van der Waals surface area (Å²) in [5.74, 6) is 1.18. The molecule has 0 aliphatic carbocycles. The molecule has 0 bridgehead atoms. The van der Waals surface area contributed by atoms with Crippen LogP contribution in [0.1, 0.15) is 44.5 Å². The first-order valence-electron chi connectivity index (χ1n) is 8.53. The predicted molar refractivity (Wildman–Crippen MR) is 85.7 cm³/mol. The molecule has 2 unspecified atom stereocenters. The number of pyridine rings is 1. The standard InChI is InChI=1S/C17H24N4O/c1-2-20-10-4-8-15(20)17-19-14-7-3-9-18-16(14)21(17)12-13-6-5-11-22-13/h3,7,9,13,15H,2,4-6,8,10-12H2,1H3. The van der Waals surface area contributed by atoms with Crippen LogP contribution < -0.4 is 0 Å². The van der Waals surface area contributed by atoms with E-state index in [1.54, 1.807) is 0 Å². The summed E-state index contributed by atoms with van der Waals surface area (Å²) >= 11 is 0. The molecule has 0 spiro atoms. The molecule has 4 rings (SSSR count).